The van der Waals surface area contributed by atoms with Crippen LogP contribution in [-0.2, 0) is 0 Å². The molecule has 0 amide bonds. The van der Waals surface area contributed by atoms with Crippen LogP contribution in [0.5, 0.6) is 0 Å². The fourth-order valence-electron chi connectivity index (χ4n) is 0. The Labute approximate surface area is 33.8 Å². The van der Waals surface area contributed by atoms with Gasteiger partial charge >= 0.3 is 0 Å². The minimum Gasteiger partial charge on any atom is -0.375 e. The van der Waals surface area contributed by atoms with Gasteiger partial charge in [-0.1, -0.05) is 15.9 Å². The van der Waals surface area contributed by atoms with E-state index in [1.807, 2.05) is 0 Å². The van der Waals surface area contributed by atoms with Crippen molar-refractivity contribution in [2.24, 2.45) is 0 Å². The van der Waals surface area contributed by atoms with Gasteiger partial charge in [0.25, 0.3) is 0 Å². The molecular formula is C2H4BrO. The first-order valence-corrected chi connectivity index (χ1v) is 1.71. The van der Waals surface area contributed by atoms with Gasteiger partial charge in [-0.25, -0.2) is 0 Å². The monoisotopic (exact) mass is 123 g/mol. The van der Waals surface area contributed by atoms with Crippen LogP contribution < -0.4 is 0 Å². The molecule has 4 heavy (non-hydrogen) atoms. The van der Waals surface area contributed by atoms with Crippen molar-refractivity contribution in [1.82, 2.24) is 0 Å². The summed E-state index contributed by atoms with van der Waals surface area (Å²) in [5, 5.41) is 8.12. The first-order valence-electron chi connectivity index (χ1n) is 0.913. The molecule has 0 rings (SSSR count). The molecule has 0 fully saturated rings. The van der Waals surface area contributed by atoms with Crippen molar-refractivity contribution in [3.05, 3.63) is 5.01 Å². The molecule has 0 saturated heterocycles. The van der Waals surface area contributed by atoms with Crippen molar-refractivity contribution in [2.45, 2.75) is 6.92 Å². The summed E-state index contributed by atoms with van der Waals surface area (Å²) < 4.78 is 0. The molecule has 1 nitrogen and oxygen atoms in total. The summed E-state index contributed by atoms with van der Waals surface area (Å²) in [4.78, 5) is 0. The molecule has 0 aromatic rings. The van der Waals surface area contributed by atoms with Crippen molar-refractivity contribution in [3.63, 3.8) is 0 Å². The highest BCUT2D eigenvalue weighted by atomic mass is 79.9. The van der Waals surface area contributed by atoms with Crippen LogP contribution >= 0.6 is 15.9 Å². The molecule has 1 N–H and O–H groups in total. The van der Waals surface area contributed by atoms with Crippen molar-refractivity contribution >= 4 is 15.9 Å². The second-order valence-corrected chi connectivity index (χ2v) is 1.64. The largest absolute Gasteiger partial charge is 0.375 e. The predicted molar refractivity (Wildman–Crippen MR) is 19.8 cm³/mol. The zero-order valence-corrected chi connectivity index (χ0v) is 3.91. The molecule has 0 atom stereocenters. The molecule has 0 aliphatic carbocycles. The molecule has 0 spiro atoms. The lowest BCUT2D eigenvalue weighted by atomic mass is 10.9. The third kappa shape index (κ3) is 26.1. The van der Waals surface area contributed by atoms with Crippen molar-refractivity contribution < 1.29 is 5.11 Å². The summed E-state index contributed by atoms with van der Waals surface area (Å²) >= 11 is 2.74. The molecular weight excluding hydrogens is 120 g/mol. The van der Waals surface area contributed by atoms with Crippen LogP contribution in [0.15, 0.2) is 0 Å². The summed E-state index contributed by atoms with van der Waals surface area (Å²) in [6.07, 6.45) is 0. The molecule has 25 valence electrons. The third-order valence-corrected chi connectivity index (χ3v) is 0. The Morgan fingerprint density at radius 2 is 2.00 bits per heavy atom. The van der Waals surface area contributed by atoms with E-state index in [0.29, 0.717) is 0 Å². The standard InChI is InChI=1S/C2H4BrO/c1-2(3)4/h4H,1H3. The molecule has 0 aliphatic heterocycles. The molecule has 0 unspecified atom stereocenters. The smallest absolute Gasteiger partial charge is 0.154 e. The maximum atomic E-state index is 7.89. The van der Waals surface area contributed by atoms with E-state index in [0.717, 1.165) is 0 Å². The van der Waals surface area contributed by atoms with Gasteiger partial charge in [0.1, 0.15) is 0 Å². The Morgan fingerprint density at radius 3 is 2.00 bits per heavy atom. The highest BCUT2D eigenvalue weighted by Gasteiger charge is 1.75. The van der Waals surface area contributed by atoms with Crippen LogP contribution in [-0.4, -0.2) is 5.11 Å². The van der Waals surface area contributed by atoms with Crippen molar-refractivity contribution in [1.29, 1.82) is 0 Å². The number of aliphatic hydroxyl groups excluding tert-OH is 1. The van der Waals surface area contributed by atoms with Gasteiger partial charge in [-0.15, -0.1) is 0 Å². The average Bonchev–Trinajstić information content (AvgIpc) is 0.811. The second kappa shape index (κ2) is 1.73. The maximum absolute atomic E-state index is 7.89. The molecule has 0 bridgehead atoms. The van der Waals surface area contributed by atoms with Crippen LogP contribution in [0.25, 0.3) is 0 Å². The Morgan fingerprint density at radius 1 is 2.00 bits per heavy atom. The van der Waals surface area contributed by atoms with Crippen LogP contribution in [0, 0.1) is 5.01 Å². The maximum Gasteiger partial charge on any atom is 0.154 e. The van der Waals surface area contributed by atoms with Gasteiger partial charge in [0.05, 0.1) is 0 Å². The summed E-state index contributed by atoms with van der Waals surface area (Å²) in [6, 6.07) is 0. The van der Waals surface area contributed by atoms with Crippen LogP contribution in [0.2, 0.25) is 0 Å². The lowest BCUT2D eigenvalue weighted by molar-refractivity contribution is 0.384. The van der Waals surface area contributed by atoms with Crippen LogP contribution in [0.1, 0.15) is 6.92 Å². The number of aliphatic hydroxyl groups is 1. The van der Waals surface area contributed by atoms with E-state index in [1.165, 1.54) is 0 Å². The molecule has 0 saturated carbocycles. The van der Waals surface area contributed by atoms with Gasteiger partial charge in [-0.2, -0.15) is 0 Å². The molecule has 1 radical (unpaired) electrons. The lowest BCUT2D eigenvalue weighted by Crippen LogP contribution is -1.63. The average molecular weight is 124 g/mol. The van der Waals surface area contributed by atoms with E-state index in [2.05, 4.69) is 15.9 Å². The molecule has 0 aromatic heterocycles. The van der Waals surface area contributed by atoms with Crippen molar-refractivity contribution in [3.8, 4) is 0 Å². The van der Waals surface area contributed by atoms with E-state index < -0.39 is 0 Å². The first kappa shape index (κ1) is 4.44. The topological polar surface area (TPSA) is 20.2 Å². The van der Waals surface area contributed by atoms with Crippen molar-refractivity contribution in [2.75, 3.05) is 0 Å². The van der Waals surface area contributed by atoms with Gasteiger partial charge in [-0.3, -0.25) is 0 Å². The number of hydrogen-bond acceptors (Lipinski definition) is 1. The van der Waals surface area contributed by atoms with E-state index in [-0.39, 0.29) is 5.01 Å². The third-order valence-electron chi connectivity index (χ3n) is 0. The minimum atomic E-state index is 0.229. The summed E-state index contributed by atoms with van der Waals surface area (Å²) in [6.45, 7) is 1.56. The van der Waals surface area contributed by atoms with E-state index in [1.54, 1.807) is 6.92 Å². The van der Waals surface area contributed by atoms with Gasteiger partial charge in [0.15, 0.2) is 5.01 Å². The quantitative estimate of drug-likeness (QED) is 0.515. The normalized spacial score (nSPS) is 9.00. The van der Waals surface area contributed by atoms with Crippen LogP contribution in [0.3, 0.4) is 0 Å². The van der Waals surface area contributed by atoms with Crippen LogP contribution in [0.4, 0.5) is 0 Å². The summed E-state index contributed by atoms with van der Waals surface area (Å²) in [5.41, 5.74) is 0. The van der Waals surface area contributed by atoms with Gasteiger partial charge in [0, 0.05) is 0 Å². The lowest BCUT2D eigenvalue weighted by Gasteiger charge is -1.74. The zero-order valence-electron chi connectivity index (χ0n) is 2.33. The molecule has 0 aliphatic rings. The number of hydrogen-bond donors (Lipinski definition) is 1. The van der Waals surface area contributed by atoms with E-state index in [4.69, 9.17) is 5.11 Å². The van der Waals surface area contributed by atoms with E-state index >= 15 is 0 Å². The molecule has 0 aromatic carbocycles. The highest BCUT2D eigenvalue weighted by molar-refractivity contribution is 9.11. The fraction of sp³-hybridized carbons (Fsp3) is 0.500. The SMILES string of the molecule is C[C](O)Br. The predicted octanol–water partition coefficient (Wildman–Crippen LogP) is 1.26. The van der Waals surface area contributed by atoms with Gasteiger partial charge in [-0.05, 0) is 6.92 Å². The molecule has 0 heterocycles. The number of halogens is 1. The minimum absolute atomic E-state index is 0.229. The fourth-order valence-corrected chi connectivity index (χ4v) is 0. The Balaban J connectivity index is 2.32. The Hall–Kier alpha value is 0.440. The Kier molecular flexibility index (Phi) is 1.92. The second-order valence-electron chi connectivity index (χ2n) is 0.497. The summed E-state index contributed by atoms with van der Waals surface area (Å²) in [7, 11) is 0. The zero-order chi connectivity index (χ0) is 3.58. The van der Waals surface area contributed by atoms with Gasteiger partial charge in [0.2, 0.25) is 0 Å². The first-order chi connectivity index (χ1) is 1.73. The van der Waals surface area contributed by atoms with E-state index in [9.17, 15) is 0 Å². The van der Waals surface area contributed by atoms with Gasteiger partial charge < -0.3 is 5.11 Å². The highest BCUT2D eigenvalue weighted by Crippen LogP contribution is 1.97. The Bertz CT molecular complexity index is 10.8. The summed E-state index contributed by atoms with van der Waals surface area (Å²) in [5.74, 6) is 0. The number of rotatable bonds is 0. The molecule has 2 heteroatoms.